The van der Waals surface area contributed by atoms with Crippen LogP contribution in [0.2, 0.25) is 0 Å². The summed E-state index contributed by atoms with van der Waals surface area (Å²) in [7, 11) is 0. The van der Waals surface area contributed by atoms with Crippen molar-refractivity contribution in [3.05, 3.63) is 0 Å². The Morgan fingerprint density at radius 3 is 0.867 bits per heavy atom. The van der Waals surface area contributed by atoms with Crippen molar-refractivity contribution < 1.29 is 42.6 Å². The number of ether oxygens (including phenoxy) is 9. The van der Waals surface area contributed by atoms with Crippen molar-refractivity contribution in [2.45, 2.75) is 6.92 Å². The molecule has 0 spiro atoms. The summed E-state index contributed by atoms with van der Waals surface area (Å²) >= 11 is 0. The van der Waals surface area contributed by atoms with Crippen LogP contribution in [0.1, 0.15) is 6.92 Å². The van der Waals surface area contributed by atoms with E-state index in [9.17, 15) is 0 Å². The molecule has 178 valence electrons. The lowest BCUT2D eigenvalue weighted by Crippen LogP contribution is -2.15. The number of hydrogen-bond acceptors (Lipinski definition) is 9. The van der Waals surface area contributed by atoms with Gasteiger partial charge in [0.25, 0.3) is 0 Å². The van der Waals surface area contributed by atoms with Gasteiger partial charge < -0.3 is 42.6 Å². The third-order valence-electron chi connectivity index (χ3n) is 3.37. The van der Waals surface area contributed by atoms with E-state index < -0.39 is 0 Å². The van der Waals surface area contributed by atoms with E-state index in [1.807, 2.05) is 6.92 Å². The molecule has 30 heavy (non-hydrogen) atoms. The topological polar surface area (TPSA) is 83.1 Å². The predicted molar refractivity (Wildman–Crippen MR) is 112 cm³/mol. The molecule has 0 radical (unpaired) electrons. The Hall–Kier alpha value is -0.800. The van der Waals surface area contributed by atoms with Gasteiger partial charge >= 0.3 is 0 Å². The Morgan fingerprint density at radius 1 is 0.400 bits per heavy atom. The molecular formula is C21H40O9. The van der Waals surface area contributed by atoms with Crippen molar-refractivity contribution in [3.63, 3.8) is 0 Å². The molecule has 0 bridgehead atoms. The molecule has 9 nitrogen and oxygen atoms in total. The predicted octanol–water partition coefficient (Wildman–Crippen LogP) is 0.789. The Balaban J connectivity index is 2.98. The fraction of sp³-hybridized carbons (Fsp3) is 0.905. The fourth-order valence-corrected chi connectivity index (χ4v) is 1.93. The molecule has 9 heteroatoms. The molecule has 0 fully saturated rings. The Labute approximate surface area is 181 Å². The van der Waals surface area contributed by atoms with Crippen molar-refractivity contribution in [3.8, 4) is 12.3 Å². The van der Waals surface area contributed by atoms with E-state index in [0.717, 1.165) is 0 Å². The first kappa shape index (κ1) is 29.2. The van der Waals surface area contributed by atoms with Crippen LogP contribution in [0, 0.1) is 12.3 Å². The maximum atomic E-state index is 5.42. The normalized spacial score (nSPS) is 11.1. The zero-order valence-electron chi connectivity index (χ0n) is 18.5. The molecule has 0 atom stereocenters. The third kappa shape index (κ3) is 27.2. The minimum absolute atomic E-state index is 0.315. The van der Waals surface area contributed by atoms with E-state index in [-0.39, 0.29) is 0 Å². The summed E-state index contributed by atoms with van der Waals surface area (Å²) in [5, 5.41) is 0. The van der Waals surface area contributed by atoms with Crippen molar-refractivity contribution >= 4 is 0 Å². The molecule has 0 amide bonds. The van der Waals surface area contributed by atoms with Crippen LogP contribution in [-0.4, -0.2) is 119 Å². The van der Waals surface area contributed by atoms with Gasteiger partial charge in [0.1, 0.15) is 6.61 Å². The quantitative estimate of drug-likeness (QED) is 0.144. The SMILES string of the molecule is C#CCOCCOCCOCCOCCOCCOCCOCCOCCOCC. The molecule has 0 unspecified atom stereocenters. The highest BCUT2D eigenvalue weighted by atomic mass is 16.6. The van der Waals surface area contributed by atoms with Gasteiger partial charge in [-0.15, -0.1) is 6.42 Å². The second-order valence-electron chi connectivity index (χ2n) is 5.74. The highest BCUT2D eigenvalue weighted by Crippen LogP contribution is 1.86. The molecule has 0 aromatic carbocycles. The van der Waals surface area contributed by atoms with Crippen molar-refractivity contribution in [1.29, 1.82) is 0 Å². The molecule has 0 aromatic heterocycles. The molecule has 0 aliphatic carbocycles. The van der Waals surface area contributed by atoms with Crippen LogP contribution in [0.25, 0.3) is 0 Å². The van der Waals surface area contributed by atoms with E-state index in [1.54, 1.807) is 0 Å². The van der Waals surface area contributed by atoms with Crippen LogP contribution in [0.15, 0.2) is 0 Å². The average Bonchev–Trinajstić information content (AvgIpc) is 2.76. The summed E-state index contributed by atoms with van der Waals surface area (Å²) in [6.45, 7) is 11.6. The largest absolute Gasteiger partial charge is 0.379 e. The second kappa shape index (κ2) is 28.2. The Morgan fingerprint density at radius 2 is 0.633 bits per heavy atom. The minimum Gasteiger partial charge on any atom is -0.379 e. The van der Waals surface area contributed by atoms with Crippen LogP contribution in [0.5, 0.6) is 0 Å². The smallest absolute Gasteiger partial charge is 0.107 e. The van der Waals surface area contributed by atoms with Gasteiger partial charge in [-0.3, -0.25) is 0 Å². The van der Waals surface area contributed by atoms with E-state index in [4.69, 9.17) is 49.1 Å². The van der Waals surface area contributed by atoms with Crippen LogP contribution < -0.4 is 0 Å². The van der Waals surface area contributed by atoms with E-state index in [0.29, 0.717) is 119 Å². The van der Waals surface area contributed by atoms with E-state index in [2.05, 4.69) is 5.92 Å². The first-order chi connectivity index (χ1) is 14.9. The highest BCUT2D eigenvalue weighted by molar-refractivity contribution is 4.82. The standard InChI is InChI=1S/C21H40O9/c1-3-5-23-8-9-25-12-13-27-16-17-29-20-21-30-19-18-28-15-14-26-11-10-24-7-6-22-4-2/h1H,4-21H2,2H3. The zero-order chi connectivity index (χ0) is 21.8. The zero-order valence-corrected chi connectivity index (χ0v) is 18.5. The van der Waals surface area contributed by atoms with Crippen molar-refractivity contribution in [2.24, 2.45) is 0 Å². The highest BCUT2D eigenvalue weighted by Gasteiger charge is 1.95. The second-order valence-corrected chi connectivity index (χ2v) is 5.74. The van der Waals surface area contributed by atoms with Crippen molar-refractivity contribution in [1.82, 2.24) is 0 Å². The lowest BCUT2D eigenvalue weighted by Gasteiger charge is -2.08. The average molecular weight is 437 g/mol. The molecule has 0 aliphatic heterocycles. The summed E-state index contributed by atoms with van der Waals surface area (Å²) in [6, 6.07) is 0. The number of terminal acetylenes is 1. The first-order valence-corrected chi connectivity index (χ1v) is 10.5. The van der Waals surface area contributed by atoms with E-state index in [1.165, 1.54) is 0 Å². The molecule has 0 rings (SSSR count). The van der Waals surface area contributed by atoms with Crippen molar-refractivity contribution in [2.75, 3.05) is 119 Å². The third-order valence-corrected chi connectivity index (χ3v) is 3.37. The molecular weight excluding hydrogens is 396 g/mol. The Bertz CT molecular complexity index is 350. The van der Waals surface area contributed by atoms with Crippen LogP contribution >= 0.6 is 0 Å². The Kier molecular flexibility index (Phi) is 27.4. The number of rotatable bonds is 26. The molecule has 0 aromatic rings. The lowest BCUT2D eigenvalue weighted by molar-refractivity contribution is -0.0243. The maximum Gasteiger partial charge on any atom is 0.107 e. The maximum absolute atomic E-state index is 5.42. The molecule has 0 heterocycles. The van der Waals surface area contributed by atoms with Crippen LogP contribution in [0.3, 0.4) is 0 Å². The van der Waals surface area contributed by atoms with Gasteiger partial charge in [-0.05, 0) is 6.92 Å². The van der Waals surface area contributed by atoms with Crippen LogP contribution in [-0.2, 0) is 42.6 Å². The fourth-order valence-electron chi connectivity index (χ4n) is 1.93. The molecule has 0 saturated carbocycles. The van der Waals surface area contributed by atoms with Gasteiger partial charge in [0.05, 0.1) is 106 Å². The monoisotopic (exact) mass is 436 g/mol. The summed E-state index contributed by atoms with van der Waals surface area (Å²) in [5.41, 5.74) is 0. The molecule has 0 saturated heterocycles. The summed E-state index contributed by atoms with van der Waals surface area (Å²) < 4.78 is 47.9. The summed E-state index contributed by atoms with van der Waals surface area (Å²) in [4.78, 5) is 0. The van der Waals surface area contributed by atoms with Gasteiger partial charge in [-0.1, -0.05) is 5.92 Å². The van der Waals surface area contributed by atoms with Gasteiger partial charge in [0.2, 0.25) is 0 Å². The molecule has 0 aliphatic rings. The van der Waals surface area contributed by atoms with Gasteiger partial charge in [-0.2, -0.15) is 0 Å². The first-order valence-electron chi connectivity index (χ1n) is 10.5. The lowest BCUT2D eigenvalue weighted by atomic mass is 10.6. The van der Waals surface area contributed by atoms with Gasteiger partial charge in [-0.25, -0.2) is 0 Å². The summed E-state index contributed by atoms with van der Waals surface area (Å²) in [6.07, 6.45) is 5.06. The van der Waals surface area contributed by atoms with Gasteiger partial charge in [0, 0.05) is 6.61 Å². The molecule has 0 N–H and O–H groups in total. The minimum atomic E-state index is 0.315. The van der Waals surface area contributed by atoms with Gasteiger partial charge in [0.15, 0.2) is 0 Å². The number of hydrogen-bond donors (Lipinski definition) is 0. The van der Waals surface area contributed by atoms with E-state index >= 15 is 0 Å². The summed E-state index contributed by atoms with van der Waals surface area (Å²) in [5.74, 6) is 2.39. The van der Waals surface area contributed by atoms with Crippen LogP contribution in [0.4, 0.5) is 0 Å².